The highest BCUT2D eigenvalue weighted by molar-refractivity contribution is 6.32. The van der Waals surface area contributed by atoms with Gasteiger partial charge in [-0.05, 0) is 36.6 Å². The number of aromatic nitrogens is 1. The maximum atomic E-state index is 11.3. The third kappa shape index (κ3) is 2.38. The lowest BCUT2D eigenvalue weighted by atomic mass is 9.99. The van der Waals surface area contributed by atoms with Crippen molar-refractivity contribution in [1.29, 1.82) is 0 Å². The summed E-state index contributed by atoms with van der Waals surface area (Å²) in [5.41, 5.74) is 5.62. The Kier molecular flexibility index (Phi) is 3.67. The van der Waals surface area contributed by atoms with Gasteiger partial charge in [-0.1, -0.05) is 41.9 Å². The maximum absolute atomic E-state index is 11.3. The molecule has 22 heavy (non-hydrogen) atoms. The molecule has 0 radical (unpaired) electrons. The number of aromatic amines is 1. The molecule has 0 aliphatic carbocycles. The summed E-state index contributed by atoms with van der Waals surface area (Å²) in [5, 5.41) is 10.9. The topological polar surface area (TPSA) is 53.1 Å². The van der Waals surface area contributed by atoms with Crippen LogP contribution in [0.5, 0.6) is 0 Å². The number of aliphatic carboxylic acids is 1. The number of halogens is 1. The van der Waals surface area contributed by atoms with Gasteiger partial charge in [0.2, 0.25) is 0 Å². The van der Waals surface area contributed by atoms with Crippen molar-refractivity contribution in [3.63, 3.8) is 0 Å². The summed E-state index contributed by atoms with van der Waals surface area (Å²) in [7, 11) is 0. The van der Waals surface area contributed by atoms with Crippen LogP contribution in [-0.4, -0.2) is 16.1 Å². The molecule has 0 saturated carbocycles. The van der Waals surface area contributed by atoms with E-state index in [1.807, 2.05) is 50.2 Å². The molecule has 0 fully saturated rings. The minimum Gasteiger partial charge on any atom is -0.481 e. The van der Waals surface area contributed by atoms with Gasteiger partial charge in [-0.15, -0.1) is 0 Å². The Morgan fingerprint density at radius 3 is 2.59 bits per heavy atom. The molecule has 2 N–H and O–H groups in total. The number of carboxylic acid groups (broad SMARTS) is 1. The molecule has 0 bridgehead atoms. The van der Waals surface area contributed by atoms with E-state index in [0.717, 1.165) is 38.9 Å². The molecule has 4 heteroatoms. The SMILES string of the molecule is Cc1ccccc1-c1[nH]c2c(C)c(Cl)ccc2c1CC(=O)O. The van der Waals surface area contributed by atoms with Gasteiger partial charge in [0.15, 0.2) is 0 Å². The van der Waals surface area contributed by atoms with E-state index in [1.165, 1.54) is 0 Å². The number of aryl methyl sites for hydroxylation is 2. The van der Waals surface area contributed by atoms with E-state index in [4.69, 9.17) is 11.6 Å². The third-order valence-electron chi connectivity index (χ3n) is 4.02. The molecule has 0 amide bonds. The highest BCUT2D eigenvalue weighted by atomic mass is 35.5. The number of benzene rings is 2. The largest absolute Gasteiger partial charge is 0.481 e. The van der Waals surface area contributed by atoms with E-state index in [0.29, 0.717) is 5.02 Å². The van der Waals surface area contributed by atoms with Crippen molar-refractivity contribution < 1.29 is 9.90 Å². The molecule has 3 aromatic rings. The monoisotopic (exact) mass is 313 g/mol. The summed E-state index contributed by atoms with van der Waals surface area (Å²) in [4.78, 5) is 14.7. The van der Waals surface area contributed by atoms with Crippen LogP contribution in [0.3, 0.4) is 0 Å². The molecule has 112 valence electrons. The summed E-state index contributed by atoms with van der Waals surface area (Å²) in [6.45, 7) is 3.96. The number of carbonyl (C=O) groups is 1. The normalized spacial score (nSPS) is 11.0. The van der Waals surface area contributed by atoms with Crippen molar-refractivity contribution in [3.05, 3.63) is 58.1 Å². The number of nitrogens with one attached hydrogen (secondary N) is 1. The number of H-pyrrole nitrogens is 1. The van der Waals surface area contributed by atoms with Crippen molar-refractivity contribution in [2.75, 3.05) is 0 Å². The molecule has 0 unspecified atom stereocenters. The highest BCUT2D eigenvalue weighted by Gasteiger charge is 2.18. The quantitative estimate of drug-likeness (QED) is 0.734. The zero-order chi connectivity index (χ0) is 15.9. The van der Waals surface area contributed by atoms with Gasteiger partial charge in [-0.3, -0.25) is 4.79 Å². The van der Waals surface area contributed by atoms with E-state index in [2.05, 4.69) is 4.98 Å². The predicted molar refractivity (Wildman–Crippen MR) is 89.6 cm³/mol. The summed E-state index contributed by atoms with van der Waals surface area (Å²) in [6.07, 6.45) is -0.0231. The zero-order valence-electron chi connectivity index (χ0n) is 12.4. The second-order valence-electron chi connectivity index (χ2n) is 5.46. The first-order valence-electron chi connectivity index (χ1n) is 7.06. The lowest BCUT2D eigenvalue weighted by Gasteiger charge is -2.06. The molecule has 1 heterocycles. The molecule has 2 aromatic carbocycles. The Balaban J connectivity index is 2.36. The Labute approximate surface area is 133 Å². The third-order valence-corrected chi connectivity index (χ3v) is 4.43. The van der Waals surface area contributed by atoms with E-state index in [9.17, 15) is 9.90 Å². The van der Waals surface area contributed by atoms with E-state index < -0.39 is 5.97 Å². The number of fused-ring (bicyclic) bond motifs is 1. The van der Waals surface area contributed by atoms with Gasteiger partial charge < -0.3 is 10.1 Å². The smallest absolute Gasteiger partial charge is 0.307 e. The van der Waals surface area contributed by atoms with Crippen molar-refractivity contribution in [3.8, 4) is 11.3 Å². The first-order chi connectivity index (χ1) is 10.5. The van der Waals surface area contributed by atoms with E-state index in [1.54, 1.807) is 0 Å². The van der Waals surface area contributed by atoms with Gasteiger partial charge in [-0.25, -0.2) is 0 Å². The van der Waals surface area contributed by atoms with Crippen LogP contribution >= 0.6 is 11.6 Å². The van der Waals surface area contributed by atoms with Crippen molar-refractivity contribution in [2.45, 2.75) is 20.3 Å². The van der Waals surface area contributed by atoms with E-state index in [-0.39, 0.29) is 6.42 Å². The number of rotatable bonds is 3. The highest BCUT2D eigenvalue weighted by Crippen LogP contribution is 2.35. The first-order valence-corrected chi connectivity index (χ1v) is 7.44. The Hall–Kier alpha value is -2.26. The predicted octanol–water partition coefficient (Wildman–Crippen LogP) is 4.73. The molecule has 0 saturated heterocycles. The summed E-state index contributed by atoms with van der Waals surface area (Å²) >= 11 is 6.20. The van der Waals surface area contributed by atoms with Crippen molar-refractivity contribution in [2.24, 2.45) is 0 Å². The van der Waals surface area contributed by atoms with Gasteiger partial charge in [0.1, 0.15) is 0 Å². The minimum absolute atomic E-state index is 0.0231. The van der Waals surface area contributed by atoms with Crippen molar-refractivity contribution in [1.82, 2.24) is 4.98 Å². The molecular weight excluding hydrogens is 298 g/mol. The van der Waals surface area contributed by atoms with Crippen LogP contribution in [-0.2, 0) is 11.2 Å². The number of carboxylic acids is 1. The van der Waals surface area contributed by atoms with Gasteiger partial charge >= 0.3 is 5.97 Å². The van der Waals surface area contributed by atoms with Crippen LogP contribution in [0, 0.1) is 13.8 Å². The molecule has 3 rings (SSSR count). The van der Waals surface area contributed by atoms with Gasteiger partial charge in [0.05, 0.1) is 17.6 Å². The maximum Gasteiger partial charge on any atom is 0.307 e. The molecule has 0 aliphatic heterocycles. The van der Waals surface area contributed by atoms with Crippen LogP contribution < -0.4 is 0 Å². The average Bonchev–Trinajstić information content (AvgIpc) is 2.82. The molecule has 0 aliphatic rings. The van der Waals surface area contributed by atoms with Crippen LogP contribution in [0.2, 0.25) is 5.02 Å². The van der Waals surface area contributed by atoms with Gasteiger partial charge in [-0.2, -0.15) is 0 Å². The van der Waals surface area contributed by atoms with Crippen LogP contribution in [0.1, 0.15) is 16.7 Å². The molecule has 0 atom stereocenters. The fourth-order valence-electron chi connectivity index (χ4n) is 2.85. The Bertz CT molecular complexity index is 880. The fraction of sp³-hybridized carbons (Fsp3) is 0.167. The molecule has 3 nitrogen and oxygen atoms in total. The van der Waals surface area contributed by atoms with Gasteiger partial charge in [0.25, 0.3) is 0 Å². The van der Waals surface area contributed by atoms with E-state index >= 15 is 0 Å². The molecular formula is C18H16ClNO2. The minimum atomic E-state index is -0.844. The van der Waals surface area contributed by atoms with Crippen LogP contribution in [0.15, 0.2) is 36.4 Å². The number of hydrogen-bond donors (Lipinski definition) is 2. The Morgan fingerprint density at radius 2 is 1.91 bits per heavy atom. The zero-order valence-corrected chi connectivity index (χ0v) is 13.2. The average molecular weight is 314 g/mol. The first kappa shape index (κ1) is 14.7. The van der Waals surface area contributed by atoms with Gasteiger partial charge in [0, 0.05) is 16.0 Å². The summed E-state index contributed by atoms with van der Waals surface area (Å²) in [5.74, 6) is -0.844. The number of hydrogen-bond acceptors (Lipinski definition) is 1. The van der Waals surface area contributed by atoms with Crippen LogP contribution in [0.4, 0.5) is 0 Å². The molecule has 1 aromatic heterocycles. The fourth-order valence-corrected chi connectivity index (χ4v) is 3.01. The summed E-state index contributed by atoms with van der Waals surface area (Å²) < 4.78 is 0. The second-order valence-corrected chi connectivity index (χ2v) is 5.87. The second kappa shape index (κ2) is 5.50. The molecule has 0 spiro atoms. The van der Waals surface area contributed by atoms with Crippen LogP contribution in [0.25, 0.3) is 22.2 Å². The lowest BCUT2D eigenvalue weighted by Crippen LogP contribution is -2.01. The standard InChI is InChI=1S/C18H16ClNO2/c1-10-5-3-4-6-12(10)18-14(9-16(21)22)13-7-8-15(19)11(2)17(13)20-18/h3-8,20H,9H2,1-2H3,(H,21,22). The Morgan fingerprint density at radius 1 is 1.18 bits per heavy atom. The summed E-state index contributed by atoms with van der Waals surface area (Å²) in [6, 6.07) is 11.7. The van der Waals surface area contributed by atoms with Crippen molar-refractivity contribution >= 4 is 28.5 Å². The lowest BCUT2D eigenvalue weighted by molar-refractivity contribution is -0.136.